The van der Waals surface area contributed by atoms with Gasteiger partial charge in [-0.05, 0) is 36.2 Å². The lowest BCUT2D eigenvalue weighted by Crippen LogP contribution is -2.12. The van der Waals surface area contributed by atoms with Crippen LogP contribution in [0.1, 0.15) is 12.2 Å². The zero-order valence-corrected chi connectivity index (χ0v) is 15.0. The van der Waals surface area contributed by atoms with Gasteiger partial charge in [0, 0.05) is 30.8 Å². The third-order valence-electron chi connectivity index (χ3n) is 4.51. The lowest BCUT2D eigenvalue weighted by Gasteiger charge is -2.09. The van der Waals surface area contributed by atoms with Gasteiger partial charge in [0.1, 0.15) is 5.82 Å². The fraction of sp³-hybridized carbons (Fsp3) is 0.167. The van der Waals surface area contributed by atoms with Gasteiger partial charge in [-0.3, -0.25) is 14.8 Å². The molecule has 27 heavy (non-hydrogen) atoms. The molecule has 1 aliphatic rings. The first kappa shape index (κ1) is 17.2. The van der Waals surface area contributed by atoms with E-state index in [1.54, 1.807) is 12.1 Å². The van der Waals surface area contributed by atoms with E-state index in [1.165, 1.54) is 12.1 Å². The van der Waals surface area contributed by atoms with Crippen molar-refractivity contribution in [1.29, 1.82) is 0 Å². The number of fused-ring (bicyclic) bond motifs is 1. The molecule has 138 valence electrons. The molecule has 0 fully saturated rings. The van der Waals surface area contributed by atoms with Crippen LogP contribution in [0, 0.1) is 10.1 Å². The summed E-state index contributed by atoms with van der Waals surface area (Å²) in [5, 5.41) is 10.7. The highest BCUT2D eigenvalue weighted by molar-refractivity contribution is 7.92. The van der Waals surface area contributed by atoms with Gasteiger partial charge in [-0.1, -0.05) is 12.1 Å². The lowest BCUT2D eigenvalue weighted by molar-refractivity contribution is -0.384. The zero-order chi connectivity index (χ0) is 19.0. The normalized spacial score (nSPS) is 13.3. The van der Waals surface area contributed by atoms with Gasteiger partial charge in [-0.25, -0.2) is 13.4 Å². The van der Waals surface area contributed by atoms with E-state index in [2.05, 4.69) is 14.3 Å². The van der Waals surface area contributed by atoms with E-state index in [1.807, 2.05) is 18.3 Å². The van der Waals surface area contributed by atoms with Gasteiger partial charge in [-0.2, -0.15) is 0 Å². The summed E-state index contributed by atoms with van der Waals surface area (Å²) < 4.78 is 29.6. The lowest BCUT2D eigenvalue weighted by atomic mass is 10.1. The summed E-state index contributed by atoms with van der Waals surface area (Å²) >= 11 is 0. The molecule has 0 bridgehead atoms. The van der Waals surface area contributed by atoms with E-state index >= 15 is 0 Å². The minimum atomic E-state index is -3.82. The number of hydrogen-bond donors (Lipinski definition) is 1. The Kier molecular flexibility index (Phi) is 4.15. The summed E-state index contributed by atoms with van der Waals surface area (Å²) in [6.07, 6.45) is 3.90. The minimum Gasteiger partial charge on any atom is -0.328 e. The maximum Gasteiger partial charge on any atom is 0.269 e. The van der Waals surface area contributed by atoms with Crippen LogP contribution in [0.25, 0.3) is 11.3 Å². The van der Waals surface area contributed by atoms with Crippen molar-refractivity contribution in [3.05, 3.63) is 70.7 Å². The first-order valence-electron chi connectivity index (χ1n) is 8.36. The average Bonchev–Trinajstić information content (AvgIpc) is 3.26. The molecule has 0 saturated heterocycles. The molecule has 4 rings (SSSR count). The summed E-state index contributed by atoms with van der Waals surface area (Å²) in [5.74, 6) is 1.08. The van der Waals surface area contributed by atoms with E-state index < -0.39 is 14.9 Å². The topological polar surface area (TPSA) is 107 Å². The van der Waals surface area contributed by atoms with Crippen molar-refractivity contribution >= 4 is 21.4 Å². The number of nitrogens with one attached hydrogen (secondary N) is 1. The van der Waals surface area contributed by atoms with Crippen LogP contribution in [0.4, 0.5) is 11.4 Å². The summed E-state index contributed by atoms with van der Waals surface area (Å²) in [6, 6.07) is 11.8. The monoisotopic (exact) mass is 384 g/mol. The van der Waals surface area contributed by atoms with Crippen molar-refractivity contribution in [3.63, 3.8) is 0 Å². The predicted octanol–water partition coefficient (Wildman–Crippen LogP) is 3.21. The Labute approximate surface area is 155 Å². The first-order chi connectivity index (χ1) is 12.9. The van der Waals surface area contributed by atoms with Gasteiger partial charge in [0.15, 0.2) is 0 Å². The Morgan fingerprint density at radius 1 is 1.07 bits per heavy atom. The molecule has 0 amide bonds. The minimum absolute atomic E-state index is 0.0363. The molecule has 2 heterocycles. The number of non-ortho nitro benzene ring substituents is 1. The molecule has 0 aliphatic carbocycles. The van der Waals surface area contributed by atoms with Crippen LogP contribution < -0.4 is 4.72 Å². The average molecular weight is 384 g/mol. The maximum atomic E-state index is 12.5. The van der Waals surface area contributed by atoms with Crippen LogP contribution in [0.3, 0.4) is 0 Å². The highest BCUT2D eigenvalue weighted by atomic mass is 32.2. The fourth-order valence-electron chi connectivity index (χ4n) is 3.16. The predicted molar refractivity (Wildman–Crippen MR) is 99.9 cm³/mol. The number of imidazole rings is 1. The molecule has 1 aliphatic heterocycles. The maximum absolute atomic E-state index is 12.5. The number of rotatable bonds is 5. The Bertz CT molecular complexity index is 1100. The van der Waals surface area contributed by atoms with Crippen LogP contribution in [0.15, 0.2) is 59.6 Å². The second-order valence-corrected chi connectivity index (χ2v) is 7.93. The van der Waals surface area contributed by atoms with Gasteiger partial charge in [0.05, 0.1) is 21.7 Å². The molecule has 1 N–H and O–H groups in total. The van der Waals surface area contributed by atoms with Crippen LogP contribution in [0.5, 0.6) is 0 Å². The molecule has 0 atom stereocenters. The molecular weight excluding hydrogens is 368 g/mol. The molecule has 9 heteroatoms. The molecule has 1 aromatic heterocycles. The van der Waals surface area contributed by atoms with Crippen LogP contribution in [0.2, 0.25) is 0 Å². The Morgan fingerprint density at radius 3 is 2.44 bits per heavy atom. The number of hydrogen-bond acceptors (Lipinski definition) is 5. The third kappa shape index (κ3) is 3.28. The Morgan fingerprint density at radius 2 is 1.78 bits per heavy atom. The summed E-state index contributed by atoms with van der Waals surface area (Å²) in [4.78, 5) is 14.5. The number of sulfonamides is 1. The second-order valence-electron chi connectivity index (χ2n) is 6.25. The molecule has 0 saturated carbocycles. The molecule has 2 aromatic carbocycles. The van der Waals surface area contributed by atoms with Crippen molar-refractivity contribution < 1.29 is 13.3 Å². The SMILES string of the molecule is O=[N+]([O-])c1ccc(S(=O)(=O)Nc2ccc(-c3cnc4n3CCC4)cc2)cc1. The molecule has 0 unspecified atom stereocenters. The van der Waals surface area contributed by atoms with Crippen LogP contribution >= 0.6 is 0 Å². The van der Waals surface area contributed by atoms with Gasteiger partial charge >= 0.3 is 0 Å². The van der Waals surface area contributed by atoms with Crippen molar-refractivity contribution in [1.82, 2.24) is 9.55 Å². The second kappa shape index (κ2) is 6.51. The van der Waals surface area contributed by atoms with Crippen LogP contribution in [-0.4, -0.2) is 22.9 Å². The highest BCUT2D eigenvalue weighted by Gasteiger charge is 2.18. The van der Waals surface area contributed by atoms with E-state index in [0.29, 0.717) is 5.69 Å². The van der Waals surface area contributed by atoms with Gasteiger partial charge in [0.25, 0.3) is 15.7 Å². The summed E-state index contributed by atoms with van der Waals surface area (Å²) in [7, 11) is -3.82. The van der Waals surface area contributed by atoms with E-state index in [0.717, 1.165) is 48.6 Å². The zero-order valence-electron chi connectivity index (χ0n) is 14.2. The highest BCUT2D eigenvalue weighted by Crippen LogP contribution is 2.27. The van der Waals surface area contributed by atoms with Gasteiger partial charge in [-0.15, -0.1) is 0 Å². The number of anilines is 1. The fourth-order valence-corrected chi connectivity index (χ4v) is 4.22. The summed E-state index contributed by atoms with van der Waals surface area (Å²) in [5.41, 5.74) is 2.24. The van der Waals surface area contributed by atoms with Gasteiger partial charge < -0.3 is 4.57 Å². The third-order valence-corrected chi connectivity index (χ3v) is 5.91. The van der Waals surface area contributed by atoms with Crippen molar-refractivity contribution in [2.75, 3.05) is 4.72 Å². The number of aromatic nitrogens is 2. The Balaban J connectivity index is 1.54. The number of nitrogens with zero attached hydrogens (tertiary/aromatic N) is 3. The number of benzene rings is 2. The van der Waals surface area contributed by atoms with E-state index in [9.17, 15) is 18.5 Å². The first-order valence-corrected chi connectivity index (χ1v) is 9.84. The molecule has 0 radical (unpaired) electrons. The van der Waals surface area contributed by atoms with Gasteiger partial charge in [0.2, 0.25) is 0 Å². The van der Waals surface area contributed by atoms with Crippen molar-refractivity contribution in [3.8, 4) is 11.3 Å². The number of aryl methyl sites for hydroxylation is 1. The van der Waals surface area contributed by atoms with Crippen LogP contribution in [-0.2, 0) is 23.0 Å². The van der Waals surface area contributed by atoms with Crippen molar-refractivity contribution in [2.45, 2.75) is 24.3 Å². The molecular formula is C18H16N4O4S. The largest absolute Gasteiger partial charge is 0.328 e. The quantitative estimate of drug-likeness (QED) is 0.537. The van der Waals surface area contributed by atoms with Crippen molar-refractivity contribution in [2.24, 2.45) is 0 Å². The summed E-state index contributed by atoms with van der Waals surface area (Å²) in [6.45, 7) is 0.944. The van der Waals surface area contributed by atoms with E-state index in [4.69, 9.17) is 0 Å². The standard InChI is InChI=1S/C18H16N4O4S/c23-22(24)15-7-9-16(10-8-15)27(25,26)20-14-5-3-13(4-6-14)17-12-19-18-2-1-11-21(17)18/h3-10,12,20H,1-2,11H2. The molecule has 0 spiro atoms. The number of nitro groups is 1. The molecule has 8 nitrogen and oxygen atoms in total. The number of nitro benzene ring substituents is 1. The van der Waals surface area contributed by atoms with E-state index in [-0.39, 0.29) is 10.6 Å². The molecule has 3 aromatic rings. The smallest absolute Gasteiger partial charge is 0.269 e. The Hall–Kier alpha value is -3.20.